The van der Waals surface area contributed by atoms with E-state index in [2.05, 4.69) is 10.0 Å². The number of amides is 3. The Labute approximate surface area is 150 Å². The zero-order valence-corrected chi connectivity index (χ0v) is 14.4. The van der Waals surface area contributed by atoms with Gasteiger partial charge in [-0.25, -0.2) is 13.2 Å². The molecule has 1 unspecified atom stereocenters. The molecule has 1 heterocycles. The third-order valence-electron chi connectivity index (χ3n) is 3.81. The molecule has 3 amide bonds. The largest absolute Gasteiger partial charge is 0.329 e. The first-order valence-corrected chi connectivity index (χ1v) is 9.19. The van der Waals surface area contributed by atoms with Crippen molar-refractivity contribution in [3.63, 3.8) is 0 Å². The highest BCUT2D eigenvalue weighted by atomic mass is 32.2. The third kappa shape index (κ3) is 3.63. The van der Waals surface area contributed by atoms with Gasteiger partial charge in [0.15, 0.2) is 6.04 Å². The number of urea groups is 1. The molecule has 26 heavy (non-hydrogen) atoms. The van der Waals surface area contributed by atoms with E-state index in [0.717, 1.165) is 10.5 Å². The lowest BCUT2D eigenvalue weighted by Crippen LogP contribution is -2.64. The van der Waals surface area contributed by atoms with E-state index in [4.69, 9.17) is 5.41 Å². The maximum atomic E-state index is 12.4. The topological polar surface area (TPSA) is 119 Å². The van der Waals surface area contributed by atoms with Crippen molar-refractivity contribution in [3.8, 4) is 0 Å². The van der Waals surface area contributed by atoms with Crippen LogP contribution in [0.2, 0.25) is 0 Å². The highest BCUT2D eigenvalue weighted by Crippen LogP contribution is 2.14. The number of benzene rings is 2. The standard InChI is InChI=1S/C17H16N4O4S/c18-15-14(20-26(24,25)13-9-5-2-6-10-13)16(22)19-17(23)21(15)11-12-7-3-1-4-8-12/h1-10,14,18,20H,11H2,(H,19,22,23). The van der Waals surface area contributed by atoms with Crippen molar-refractivity contribution in [3.05, 3.63) is 66.2 Å². The Morgan fingerprint density at radius 1 is 1.00 bits per heavy atom. The highest BCUT2D eigenvalue weighted by Gasteiger charge is 2.40. The molecule has 0 aliphatic carbocycles. The Kier molecular flexibility index (Phi) is 4.83. The van der Waals surface area contributed by atoms with Crippen LogP contribution < -0.4 is 10.0 Å². The average Bonchev–Trinajstić information content (AvgIpc) is 2.64. The molecular weight excluding hydrogens is 356 g/mol. The molecule has 0 spiro atoms. The van der Waals surface area contributed by atoms with E-state index in [0.29, 0.717) is 0 Å². The van der Waals surface area contributed by atoms with Crippen LogP contribution in [0.25, 0.3) is 0 Å². The first-order valence-electron chi connectivity index (χ1n) is 7.70. The van der Waals surface area contributed by atoms with E-state index in [1.807, 2.05) is 6.07 Å². The van der Waals surface area contributed by atoms with Crippen LogP contribution in [0.3, 0.4) is 0 Å². The predicted molar refractivity (Wildman–Crippen MR) is 93.8 cm³/mol. The quantitative estimate of drug-likeness (QED) is 0.727. The first-order chi connectivity index (χ1) is 12.4. The van der Waals surface area contributed by atoms with Gasteiger partial charge in [0, 0.05) is 0 Å². The molecule has 3 rings (SSSR count). The van der Waals surface area contributed by atoms with Gasteiger partial charge in [0.25, 0.3) is 5.91 Å². The molecule has 0 bridgehead atoms. The summed E-state index contributed by atoms with van der Waals surface area (Å²) in [5.74, 6) is -1.31. The van der Waals surface area contributed by atoms with Crippen molar-refractivity contribution in [2.24, 2.45) is 0 Å². The van der Waals surface area contributed by atoms with Crippen molar-refractivity contribution in [1.82, 2.24) is 14.9 Å². The van der Waals surface area contributed by atoms with Crippen molar-refractivity contribution >= 4 is 27.8 Å². The van der Waals surface area contributed by atoms with E-state index in [9.17, 15) is 18.0 Å². The van der Waals surface area contributed by atoms with Crippen LogP contribution in [0.1, 0.15) is 5.56 Å². The van der Waals surface area contributed by atoms with Crippen LogP contribution in [0.4, 0.5) is 4.79 Å². The molecule has 1 atom stereocenters. The number of amidine groups is 1. The number of carbonyl (C=O) groups excluding carboxylic acids is 2. The number of carbonyl (C=O) groups is 2. The third-order valence-corrected chi connectivity index (χ3v) is 5.25. The molecule has 1 saturated heterocycles. The lowest BCUT2D eigenvalue weighted by molar-refractivity contribution is -0.121. The number of hydrogen-bond acceptors (Lipinski definition) is 5. The van der Waals surface area contributed by atoms with Crippen molar-refractivity contribution in [1.29, 1.82) is 5.41 Å². The summed E-state index contributed by atoms with van der Waals surface area (Å²) in [6.07, 6.45) is 0. The van der Waals surface area contributed by atoms with Gasteiger partial charge in [0.1, 0.15) is 5.84 Å². The van der Waals surface area contributed by atoms with Crippen LogP contribution in [-0.4, -0.2) is 37.1 Å². The summed E-state index contributed by atoms with van der Waals surface area (Å²) in [6, 6.07) is 14.1. The molecule has 3 N–H and O–H groups in total. The number of sulfonamides is 1. The lowest BCUT2D eigenvalue weighted by atomic mass is 10.1. The molecular formula is C17H16N4O4S. The van der Waals surface area contributed by atoms with Gasteiger partial charge in [0.2, 0.25) is 10.0 Å². The minimum atomic E-state index is -4.03. The number of rotatable bonds is 5. The van der Waals surface area contributed by atoms with Crippen molar-refractivity contribution in [2.75, 3.05) is 0 Å². The van der Waals surface area contributed by atoms with Gasteiger partial charge in [-0.1, -0.05) is 48.5 Å². The monoisotopic (exact) mass is 372 g/mol. The Bertz CT molecular complexity index is 945. The number of imide groups is 1. The van der Waals surface area contributed by atoms with Crippen LogP contribution >= 0.6 is 0 Å². The second-order valence-electron chi connectivity index (χ2n) is 5.62. The van der Waals surface area contributed by atoms with E-state index in [1.165, 1.54) is 12.1 Å². The zero-order valence-electron chi connectivity index (χ0n) is 13.5. The normalized spacial score (nSPS) is 17.9. The molecule has 1 aliphatic rings. The van der Waals surface area contributed by atoms with Crippen LogP contribution in [0.15, 0.2) is 65.6 Å². The fourth-order valence-corrected chi connectivity index (χ4v) is 3.67. The zero-order chi connectivity index (χ0) is 18.7. The molecule has 8 nitrogen and oxygen atoms in total. The molecule has 134 valence electrons. The van der Waals surface area contributed by atoms with E-state index >= 15 is 0 Å². The summed E-state index contributed by atoms with van der Waals surface area (Å²) in [6.45, 7) is 0.0440. The fourth-order valence-electron chi connectivity index (χ4n) is 2.49. The van der Waals surface area contributed by atoms with Gasteiger partial charge < -0.3 is 0 Å². The molecule has 1 fully saturated rings. The smallest absolute Gasteiger partial charge is 0.286 e. The van der Waals surface area contributed by atoms with Crippen molar-refractivity contribution in [2.45, 2.75) is 17.5 Å². The van der Waals surface area contributed by atoms with Crippen molar-refractivity contribution < 1.29 is 18.0 Å². The van der Waals surface area contributed by atoms with Gasteiger partial charge in [-0.3, -0.25) is 20.4 Å². The van der Waals surface area contributed by atoms with E-state index < -0.39 is 33.8 Å². The maximum absolute atomic E-state index is 12.4. The molecule has 0 saturated carbocycles. The minimum Gasteiger partial charge on any atom is -0.286 e. The molecule has 2 aromatic rings. The number of hydrogen-bond donors (Lipinski definition) is 3. The van der Waals surface area contributed by atoms with Crippen LogP contribution in [0.5, 0.6) is 0 Å². The lowest BCUT2D eigenvalue weighted by Gasteiger charge is -2.32. The summed E-state index contributed by atoms with van der Waals surface area (Å²) in [4.78, 5) is 25.2. The SMILES string of the molecule is N=C1C(NS(=O)(=O)c2ccccc2)C(=O)NC(=O)N1Cc1ccccc1. The van der Waals surface area contributed by atoms with Gasteiger partial charge >= 0.3 is 6.03 Å². The molecule has 0 aromatic heterocycles. The molecule has 0 radical (unpaired) electrons. The van der Waals surface area contributed by atoms with E-state index in [-0.39, 0.29) is 11.4 Å². The summed E-state index contributed by atoms with van der Waals surface area (Å²) in [5, 5.41) is 10.3. The fraction of sp³-hybridized carbons (Fsp3) is 0.118. The Morgan fingerprint density at radius 3 is 2.19 bits per heavy atom. The molecule has 2 aromatic carbocycles. The minimum absolute atomic E-state index is 0.0351. The summed E-state index contributed by atoms with van der Waals surface area (Å²) in [7, 11) is -4.03. The second kappa shape index (κ2) is 7.06. The molecule has 9 heteroatoms. The summed E-state index contributed by atoms with van der Waals surface area (Å²) in [5.41, 5.74) is 0.742. The first kappa shape index (κ1) is 17.8. The Morgan fingerprint density at radius 2 is 1.58 bits per heavy atom. The van der Waals surface area contributed by atoms with Gasteiger partial charge in [-0.05, 0) is 17.7 Å². The summed E-state index contributed by atoms with van der Waals surface area (Å²) < 4.78 is 27.1. The Balaban J connectivity index is 1.84. The van der Waals surface area contributed by atoms with Crippen LogP contribution in [0, 0.1) is 5.41 Å². The summed E-state index contributed by atoms with van der Waals surface area (Å²) >= 11 is 0. The average molecular weight is 372 g/mol. The highest BCUT2D eigenvalue weighted by molar-refractivity contribution is 7.89. The van der Waals surface area contributed by atoms with Gasteiger partial charge in [-0.2, -0.15) is 4.72 Å². The van der Waals surface area contributed by atoms with E-state index in [1.54, 1.807) is 42.5 Å². The van der Waals surface area contributed by atoms with Gasteiger partial charge in [0.05, 0.1) is 11.4 Å². The molecule has 1 aliphatic heterocycles. The maximum Gasteiger partial charge on any atom is 0.329 e. The number of nitrogens with zero attached hydrogens (tertiary/aromatic N) is 1. The number of nitrogens with one attached hydrogen (secondary N) is 3. The predicted octanol–water partition coefficient (Wildman–Crippen LogP) is 1.06. The van der Waals surface area contributed by atoms with Crippen LogP contribution in [-0.2, 0) is 21.4 Å². The van der Waals surface area contributed by atoms with Gasteiger partial charge in [-0.15, -0.1) is 0 Å². The Hall–Kier alpha value is -3.04. The second-order valence-corrected chi connectivity index (χ2v) is 7.33.